The first-order chi connectivity index (χ1) is 16.3. The second kappa shape index (κ2) is 9.23. The molecular formula is C26H20N6O. The number of nitrogens with one attached hydrogen (secondary N) is 1. The molecule has 0 spiro atoms. The summed E-state index contributed by atoms with van der Waals surface area (Å²) < 4.78 is 1.63. The number of nitrogens with zero attached hydrogens (tertiary/aromatic N) is 5. The van der Waals surface area contributed by atoms with Gasteiger partial charge in [0.15, 0.2) is 0 Å². The maximum Gasteiger partial charge on any atom is 0.246 e. The van der Waals surface area contributed by atoms with E-state index in [0.717, 1.165) is 27.9 Å². The van der Waals surface area contributed by atoms with E-state index in [4.69, 9.17) is 0 Å². The molecule has 33 heavy (non-hydrogen) atoms. The highest BCUT2D eigenvalue weighted by molar-refractivity contribution is 5.91. The summed E-state index contributed by atoms with van der Waals surface area (Å²) in [6.45, 7) is 0.0361. The van der Waals surface area contributed by atoms with Crippen molar-refractivity contribution in [1.82, 2.24) is 25.0 Å². The van der Waals surface area contributed by atoms with Crippen molar-refractivity contribution in [1.29, 1.82) is 0 Å². The van der Waals surface area contributed by atoms with Crippen LogP contribution < -0.4 is 5.32 Å². The Balaban J connectivity index is 1.38. The molecule has 0 unspecified atom stereocenters. The average Bonchev–Trinajstić information content (AvgIpc) is 3.29. The van der Waals surface area contributed by atoms with Gasteiger partial charge in [-0.3, -0.25) is 14.8 Å². The third-order valence-electron chi connectivity index (χ3n) is 5.21. The first-order valence-electron chi connectivity index (χ1n) is 10.5. The molecule has 0 saturated heterocycles. The Morgan fingerprint density at radius 1 is 0.697 bits per heavy atom. The topological polar surface area (TPSA) is 85.6 Å². The number of amides is 1. The van der Waals surface area contributed by atoms with Crippen LogP contribution in [-0.2, 0) is 11.3 Å². The van der Waals surface area contributed by atoms with Crippen LogP contribution in [0.2, 0.25) is 0 Å². The third-order valence-corrected chi connectivity index (χ3v) is 5.21. The second-order valence-corrected chi connectivity index (χ2v) is 7.41. The van der Waals surface area contributed by atoms with Gasteiger partial charge in [0.2, 0.25) is 5.91 Å². The standard InChI is InChI=1S/C26H20N6O/c33-24(29-23-8-6-19(7-9-23)20-10-14-27-15-11-20)18-32-26(22-4-2-1-3-5-22)25(30-31-32)21-12-16-28-17-13-21/h1-17H,18H2,(H,29,33). The lowest BCUT2D eigenvalue weighted by Gasteiger charge is -2.10. The highest BCUT2D eigenvalue weighted by atomic mass is 16.2. The molecule has 5 aromatic rings. The molecule has 1 amide bonds. The third kappa shape index (κ3) is 4.52. The van der Waals surface area contributed by atoms with Gasteiger partial charge in [0, 0.05) is 41.6 Å². The van der Waals surface area contributed by atoms with E-state index in [2.05, 4.69) is 25.6 Å². The summed E-state index contributed by atoms with van der Waals surface area (Å²) in [5.74, 6) is -0.185. The fourth-order valence-electron chi connectivity index (χ4n) is 3.64. The van der Waals surface area contributed by atoms with E-state index in [-0.39, 0.29) is 12.5 Å². The van der Waals surface area contributed by atoms with Crippen molar-refractivity contribution >= 4 is 11.6 Å². The van der Waals surface area contributed by atoms with Gasteiger partial charge in [-0.2, -0.15) is 0 Å². The molecule has 0 radical (unpaired) electrons. The van der Waals surface area contributed by atoms with E-state index in [1.54, 1.807) is 29.5 Å². The molecule has 0 bridgehead atoms. The molecule has 3 heterocycles. The summed E-state index contributed by atoms with van der Waals surface area (Å²) in [5.41, 5.74) is 6.16. The minimum atomic E-state index is -0.185. The van der Waals surface area contributed by atoms with E-state index in [0.29, 0.717) is 11.4 Å². The van der Waals surface area contributed by atoms with Crippen molar-refractivity contribution in [3.05, 3.63) is 104 Å². The van der Waals surface area contributed by atoms with Gasteiger partial charge in [-0.1, -0.05) is 47.7 Å². The normalized spacial score (nSPS) is 10.7. The Morgan fingerprint density at radius 3 is 1.97 bits per heavy atom. The smallest absolute Gasteiger partial charge is 0.246 e. The molecule has 7 heteroatoms. The maximum absolute atomic E-state index is 12.8. The first-order valence-corrected chi connectivity index (χ1v) is 10.5. The van der Waals surface area contributed by atoms with Gasteiger partial charge in [0.05, 0.1) is 5.69 Å². The molecular weight excluding hydrogens is 412 g/mol. The lowest BCUT2D eigenvalue weighted by atomic mass is 10.1. The Hall–Kier alpha value is -4.65. The molecule has 0 saturated carbocycles. The number of carbonyl (C=O) groups excluding carboxylic acids is 1. The number of rotatable bonds is 6. The molecule has 7 nitrogen and oxygen atoms in total. The summed E-state index contributed by atoms with van der Waals surface area (Å²) in [6.07, 6.45) is 6.94. The largest absolute Gasteiger partial charge is 0.324 e. The van der Waals surface area contributed by atoms with Crippen LogP contribution in [0.4, 0.5) is 5.69 Å². The van der Waals surface area contributed by atoms with E-state index in [9.17, 15) is 4.79 Å². The summed E-state index contributed by atoms with van der Waals surface area (Å²) in [4.78, 5) is 21.0. The highest BCUT2D eigenvalue weighted by Crippen LogP contribution is 2.30. The zero-order valence-electron chi connectivity index (χ0n) is 17.7. The molecule has 5 rings (SSSR count). The van der Waals surface area contributed by atoms with Crippen LogP contribution in [0.15, 0.2) is 104 Å². The fraction of sp³-hybridized carbons (Fsp3) is 0.0385. The number of hydrogen-bond donors (Lipinski definition) is 1. The number of carbonyl (C=O) groups is 1. The van der Waals surface area contributed by atoms with Crippen LogP contribution in [0.5, 0.6) is 0 Å². The molecule has 0 fully saturated rings. The molecule has 0 aliphatic rings. The predicted octanol–water partition coefficient (Wildman–Crippen LogP) is 4.71. The van der Waals surface area contributed by atoms with Gasteiger partial charge >= 0.3 is 0 Å². The van der Waals surface area contributed by atoms with Gasteiger partial charge in [0.1, 0.15) is 12.2 Å². The van der Waals surface area contributed by atoms with Crippen molar-refractivity contribution in [2.75, 3.05) is 5.32 Å². The second-order valence-electron chi connectivity index (χ2n) is 7.41. The summed E-state index contributed by atoms with van der Waals surface area (Å²) in [5, 5.41) is 11.6. The van der Waals surface area contributed by atoms with Crippen LogP contribution in [0.1, 0.15) is 0 Å². The zero-order chi connectivity index (χ0) is 22.5. The van der Waals surface area contributed by atoms with Gasteiger partial charge < -0.3 is 5.32 Å². The molecule has 2 aromatic carbocycles. The van der Waals surface area contributed by atoms with Crippen LogP contribution >= 0.6 is 0 Å². The van der Waals surface area contributed by atoms with E-state index >= 15 is 0 Å². The van der Waals surface area contributed by atoms with Crippen molar-refractivity contribution in [2.45, 2.75) is 6.54 Å². The maximum atomic E-state index is 12.8. The monoisotopic (exact) mass is 432 g/mol. The van der Waals surface area contributed by atoms with Crippen molar-refractivity contribution < 1.29 is 4.79 Å². The summed E-state index contributed by atoms with van der Waals surface area (Å²) in [7, 11) is 0. The Bertz CT molecular complexity index is 1350. The Kier molecular flexibility index (Phi) is 5.67. The summed E-state index contributed by atoms with van der Waals surface area (Å²) >= 11 is 0. The van der Waals surface area contributed by atoms with Crippen LogP contribution in [-0.4, -0.2) is 30.9 Å². The van der Waals surface area contributed by atoms with Crippen LogP contribution in [0.3, 0.4) is 0 Å². The quantitative estimate of drug-likeness (QED) is 0.420. The zero-order valence-corrected chi connectivity index (χ0v) is 17.7. The molecule has 0 aliphatic heterocycles. The van der Waals surface area contributed by atoms with Crippen molar-refractivity contribution in [3.63, 3.8) is 0 Å². The summed E-state index contributed by atoms with van der Waals surface area (Å²) in [6, 6.07) is 25.2. The minimum Gasteiger partial charge on any atom is -0.324 e. The molecule has 160 valence electrons. The Morgan fingerprint density at radius 2 is 1.30 bits per heavy atom. The van der Waals surface area contributed by atoms with E-state index < -0.39 is 0 Å². The lowest BCUT2D eigenvalue weighted by Crippen LogP contribution is -2.20. The number of aromatic nitrogens is 5. The number of pyridine rings is 2. The number of anilines is 1. The van der Waals surface area contributed by atoms with E-state index in [1.165, 1.54) is 0 Å². The molecule has 0 aliphatic carbocycles. The van der Waals surface area contributed by atoms with Crippen molar-refractivity contribution in [2.24, 2.45) is 0 Å². The van der Waals surface area contributed by atoms with Gasteiger partial charge in [-0.25, -0.2) is 4.68 Å². The fourth-order valence-corrected chi connectivity index (χ4v) is 3.64. The Labute approximate surface area is 190 Å². The number of hydrogen-bond acceptors (Lipinski definition) is 5. The average molecular weight is 432 g/mol. The highest BCUT2D eigenvalue weighted by Gasteiger charge is 2.18. The van der Waals surface area contributed by atoms with E-state index in [1.807, 2.05) is 78.9 Å². The van der Waals surface area contributed by atoms with Gasteiger partial charge in [-0.15, -0.1) is 5.10 Å². The molecule has 1 N–H and O–H groups in total. The SMILES string of the molecule is O=C(Cn1nnc(-c2ccncc2)c1-c1ccccc1)Nc1ccc(-c2ccncc2)cc1. The predicted molar refractivity (Wildman–Crippen MR) is 127 cm³/mol. The van der Waals surface area contributed by atoms with Crippen molar-refractivity contribution in [3.8, 4) is 33.6 Å². The number of benzene rings is 2. The van der Waals surface area contributed by atoms with Gasteiger partial charge in [-0.05, 0) is 47.5 Å². The lowest BCUT2D eigenvalue weighted by molar-refractivity contribution is -0.116. The minimum absolute atomic E-state index is 0.0361. The van der Waals surface area contributed by atoms with Crippen LogP contribution in [0.25, 0.3) is 33.6 Å². The first kappa shape index (κ1) is 20.3. The van der Waals surface area contributed by atoms with Crippen LogP contribution in [0, 0.1) is 0 Å². The molecule has 0 atom stereocenters. The van der Waals surface area contributed by atoms with Gasteiger partial charge in [0.25, 0.3) is 0 Å². The molecule has 3 aromatic heterocycles.